The molecule has 0 unspecified atom stereocenters. The van der Waals surface area contributed by atoms with Gasteiger partial charge in [0, 0.05) is 42.7 Å². The van der Waals surface area contributed by atoms with E-state index in [1.807, 2.05) is 36.4 Å². The number of anilines is 1. The molecule has 8 nitrogen and oxygen atoms in total. The van der Waals surface area contributed by atoms with Crippen LogP contribution in [-0.4, -0.2) is 48.9 Å². The molecule has 10 heteroatoms. The van der Waals surface area contributed by atoms with Gasteiger partial charge in [0.25, 0.3) is 0 Å². The lowest BCUT2D eigenvalue weighted by Crippen LogP contribution is -2.26. The van der Waals surface area contributed by atoms with Gasteiger partial charge in [0.05, 0.1) is 36.0 Å². The quantitative estimate of drug-likeness (QED) is 0.290. The van der Waals surface area contributed by atoms with Crippen molar-refractivity contribution in [1.82, 2.24) is 4.57 Å². The standard InChI is InChI=1S/C28H30FIN2O6/c1-15(2)23(14-33)32-13-20(28(36)38-4)27(35)19-10-16(24(37-3)12-22(19)32)8-17-9-18(11-21(30)26(17)29)31-7-5-6-25(31)34/h9-13,15,23,33H,5-8,14H2,1-4H3/t23-/m1/s1. The highest BCUT2D eigenvalue weighted by Gasteiger charge is 2.26. The summed E-state index contributed by atoms with van der Waals surface area (Å²) in [7, 11) is 2.69. The highest BCUT2D eigenvalue weighted by molar-refractivity contribution is 14.1. The predicted octanol–water partition coefficient (Wildman–Crippen LogP) is 4.45. The number of carbonyl (C=O) groups excluding carboxylic acids is 2. The van der Waals surface area contributed by atoms with Gasteiger partial charge in [-0.05, 0) is 64.3 Å². The molecule has 0 spiro atoms. The second-order valence-corrected chi connectivity index (χ2v) is 10.8. The SMILES string of the molecule is COC(=O)c1cn([C@H](CO)C(C)C)c2cc(OC)c(Cc3cc(N4CCCC4=O)cc(I)c3F)cc2c1=O. The van der Waals surface area contributed by atoms with Crippen molar-refractivity contribution in [3.8, 4) is 5.75 Å². The number of benzene rings is 2. The fraction of sp³-hybridized carbons (Fsp3) is 0.393. The van der Waals surface area contributed by atoms with E-state index in [1.54, 1.807) is 33.7 Å². The van der Waals surface area contributed by atoms with Gasteiger partial charge in [0.2, 0.25) is 11.3 Å². The number of aliphatic hydroxyl groups excluding tert-OH is 1. The molecule has 38 heavy (non-hydrogen) atoms. The zero-order valence-electron chi connectivity index (χ0n) is 21.7. The molecule has 0 saturated carbocycles. The van der Waals surface area contributed by atoms with Crippen LogP contribution in [0.2, 0.25) is 0 Å². The van der Waals surface area contributed by atoms with Crippen molar-refractivity contribution in [1.29, 1.82) is 0 Å². The molecule has 2 aromatic carbocycles. The monoisotopic (exact) mass is 636 g/mol. The van der Waals surface area contributed by atoms with Crippen molar-refractivity contribution < 1.29 is 28.6 Å². The summed E-state index contributed by atoms with van der Waals surface area (Å²) in [6.07, 6.45) is 2.71. The van der Waals surface area contributed by atoms with Gasteiger partial charge in [-0.1, -0.05) is 13.8 Å². The van der Waals surface area contributed by atoms with Crippen molar-refractivity contribution in [2.75, 3.05) is 32.3 Å². The first-order chi connectivity index (χ1) is 18.1. The van der Waals surface area contributed by atoms with E-state index in [2.05, 4.69) is 0 Å². The molecule has 202 valence electrons. The number of ether oxygens (including phenoxy) is 2. The molecule has 0 aliphatic carbocycles. The number of methoxy groups -OCH3 is 2. The summed E-state index contributed by atoms with van der Waals surface area (Å²) in [5, 5.41) is 10.3. The lowest BCUT2D eigenvalue weighted by atomic mass is 9.98. The van der Waals surface area contributed by atoms with Gasteiger partial charge in [-0.15, -0.1) is 0 Å². The molecular weight excluding hydrogens is 606 g/mol. The zero-order valence-corrected chi connectivity index (χ0v) is 23.9. The summed E-state index contributed by atoms with van der Waals surface area (Å²) >= 11 is 1.91. The van der Waals surface area contributed by atoms with Gasteiger partial charge >= 0.3 is 5.97 Å². The summed E-state index contributed by atoms with van der Waals surface area (Å²) in [4.78, 5) is 39.9. The van der Waals surface area contributed by atoms with Crippen LogP contribution in [0.4, 0.5) is 10.1 Å². The van der Waals surface area contributed by atoms with E-state index >= 15 is 4.39 Å². The average Bonchev–Trinajstić information content (AvgIpc) is 3.33. The molecule has 0 radical (unpaired) electrons. The summed E-state index contributed by atoms with van der Waals surface area (Å²) in [6.45, 7) is 4.22. The molecular formula is C28H30FIN2O6. The summed E-state index contributed by atoms with van der Waals surface area (Å²) in [6, 6.07) is 6.17. The number of aromatic nitrogens is 1. The zero-order chi connectivity index (χ0) is 27.7. The Morgan fingerprint density at radius 3 is 2.47 bits per heavy atom. The Labute approximate surface area is 233 Å². The van der Waals surface area contributed by atoms with Gasteiger partial charge in [0.1, 0.15) is 17.1 Å². The third-order valence-electron chi connectivity index (χ3n) is 7.01. The van der Waals surface area contributed by atoms with E-state index in [1.165, 1.54) is 20.4 Å². The molecule has 0 bridgehead atoms. The fourth-order valence-corrected chi connectivity index (χ4v) is 5.61. The lowest BCUT2D eigenvalue weighted by Gasteiger charge is -2.25. The fourth-order valence-electron chi connectivity index (χ4n) is 4.94. The van der Waals surface area contributed by atoms with Crippen LogP contribution in [0.25, 0.3) is 10.9 Å². The van der Waals surface area contributed by atoms with Crippen LogP contribution in [0.3, 0.4) is 0 Å². The van der Waals surface area contributed by atoms with E-state index in [4.69, 9.17) is 9.47 Å². The minimum absolute atomic E-state index is 0.00104. The molecule has 4 rings (SSSR count). The molecule has 2 heterocycles. The summed E-state index contributed by atoms with van der Waals surface area (Å²) in [5.41, 5.74) is 1.30. The number of carbonyl (C=O) groups is 2. The molecule has 1 atom stereocenters. The first-order valence-corrected chi connectivity index (χ1v) is 13.4. The smallest absolute Gasteiger partial charge is 0.343 e. The maximum atomic E-state index is 15.3. The first-order valence-electron chi connectivity index (χ1n) is 12.3. The van der Waals surface area contributed by atoms with Crippen molar-refractivity contribution >= 4 is 51.1 Å². The lowest BCUT2D eigenvalue weighted by molar-refractivity contribution is -0.117. The Balaban J connectivity index is 1.92. The van der Waals surface area contributed by atoms with Gasteiger partial charge in [-0.2, -0.15) is 0 Å². The number of pyridine rings is 1. The van der Waals surface area contributed by atoms with Crippen LogP contribution in [0.5, 0.6) is 5.75 Å². The van der Waals surface area contributed by atoms with Crippen LogP contribution in [0.1, 0.15) is 54.2 Å². The Morgan fingerprint density at radius 1 is 1.16 bits per heavy atom. The predicted molar refractivity (Wildman–Crippen MR) is 151 cm³/mol. The number of hydrogen-bond acceptors (Lipinski definition) is 6. The third kappa shape index (κ3) is 5.15. The Bertz CT molecular complexity index is 1470. The summed E-state index contributed by atoms with van der Waals surface area (Å²) in [5.74, 6) is -0.791. The normalized spacial score (nSPS) is 14.4. The van der Waals surface area contributed by atoms with E-state index in [0.717, 1.165) is 6.42 Å². The minimum atomic E-state index is -0.785. The highest BCUT2D eigenvalue weighted by atomic mass is 127. The van der Waals surface area contributed by atoms with Crippen LogP contribution in [0, 0.1) is 15.3 Å². The largest absolute Gasteiger partial charge is 0.496 e. The molecule has 1 aromatic heterocycles. The minimum Gasteiger partial charge on any atom is -0.496 e. The molecule has 1 aliphatic rings. The van der Waals surface area contributed by atoms with Crippen molar-refractivity contribution in [3.63, 3.8) is 0 Å². The number of halogens is 2. The molecule has 1 fully saturated rings. The second-order valence-electron chi connectivity index (χ2n) is 9.67. The number of rotatable bonds is 8. The first kappa shape index (κ1) is 28.0. The third-order valence-corrected chi connectivity index (χ3v) is 7.79. The number of amides is 1. The maximum absolute atomic E-state index is 15.3. The summed E-state index contributed by atoms with van der Waals surface area (Å²) < 4.78 is 27.9. The van der Waals surface area contributed by atoms with Crippen molar-refractivity contribution in [2.45, 2.75) is 39.2 Å². The number of hydrogen-bond donors (Lipinski definition) is 1. The van der Waals surface area contributed by atoms with E-state index in [-0.39, 0.29) is 35.8 Å². The Kier molecular flexibility index (Phi) is 8.41. The number of aliphatic hydroxyl groups is 1. The molecule has 1 amide bonds. The Morgan fingerprint density at radius 2 is 1.89 bits per heavy atom. The van der Waals surface area contributed by atoms with Gasteiger partial charge in [-0.25, -0.2) is 9.18 Å². The Hall–Kier alpha value is -2.99. The highest BCUT2D eigenvalue weighted by Crippen LogP contribution is 2.33. The van der Waals surface area contributed by atoms with Crippen molar-refractivity contribution in [3.05, 3.63) is 66.8 Å². The van der Waals surface area contributed by atoms with E-state index in [0.29, 0.717) is 44.6 Å². The van der Waals surface area contributed by atoms with E-state index < -0.39 is 23.3 Å². The average molecular weight is 636 g/mol. The van der Waals surface area contributed by atoms with Crippen LogP contribution in [-0.2, 0) is 16.0 Å². The van der Waals surface area contributed by atoms with Crippen LogP contribution in [0.15, 0.2) is 35.3 Å². The number of fused-ring (bicyclic) bond motifs is 1. The van der Waals surface area contributed by atoms with Crippen LogP contribution < -0.4 is 15.1 Å². The molecule has 1 saturated heterocycles. The van der Waals surface area contributed by atoms with E-state index in [9.17, 15) is 19.5 Å². The molecule has 1 N–H and O–H groups in total. The maximum Gasteiger partial charge on any atom is 0.343 e. The van der Waals surface area contributed by atoms with Gasteiger partial charge < -0.3 is 24.0 Å². The second kappa shape index (κ2) is 11.4. The van der Waals surface area contributed by atoms with Crippen LogP contribution >= 0.6 is 22.6 Å². The molecule has 3 aromatic rings. The van der Waals surface area contributed by atoms with Crippen molar-refractivity contribution in [2.24, 2.45) is 5.92 Å². The van der Waals surface area contributed by atoms with Gasteiger partial charge in [0.15, 0.2) is 0 Å². The molecule has 1 aliphatic heterocycles. The number of esters is 1. The van der Waals surface area contributed by atoms with Gasteiger partial charge in [-0.3, -0.25) is 9.59 Å². The number of nitrogens with zero attached hydrogens (tertiary/aromatic N) is 2. The topological polar surface area (TPSA) is 98.1 Å².